The lowest BCUT2D eigenvalue weighted by Gasteiger charge is -2.05. The van der Waals surface area contributed by atoms with Crippen molar-refractivity contribution in [1.29, 1.82) is 0 Å². The summed E-state index contributed by atoms with van der Waals surface area (Å²) in [6.45, 7) is 6.36. The largest absolute Gasteiger partial charge is 0.432 e. The first-order valence-corrected chi connectivity index (χ1v) is 4.93. The SMILES string of the molecule is C=COC(=O)c1ccc(NCCC)cc1. The quantitative estimate of drug-likeness (QED) is 0.593. The van der Waals surface area contributed by atoms with Gasteiger partial charge in [0.15, 0.2) is 0 Å². The van der Waals surface area contributed by atoms with Crippen LogP contribution in [0.1, 0.15) is 23.7 Å². The monoisotopic (exact) mass is 205 g/mol. The van der Waals surface area contributed by atoms with E-state index in [0.717, 1.165) is 24.9 Å². The minimum absolute atomic E-state index is 0.382. The summed E-state index contributed by atoms with van der Waals surface area (Å²) in [6.07, 6.45) is 2.20. The minimum Gasteiger partial charge on any atom is -0.432 e. The Bertz CT molecular complexity index is 330. The maximum atomic E-state index is 11.3. The van der Waals surface area contributed by atoms with Crippen LogP contribution in [-0.4, -0.2) is 12.5 Å². The Hall–Kier alpha value is -1.77. The van der Waals surface area contributed by atoms with E-state index < -0.39 is 0 Å². The molecule has 0 aliphatic carbocycles. The van der Waals surface area contributed by atoms with E-state index in [9.17, 15) is 4.79 Å². The molecule has 0 aliphatic rings. The van der Waals surface area contributed by atoms with Crippen LogP contribution in [-0.2, 0) is 4.74 Å². The molecule has 0 amide bonds. The van der Waals surface area contributed by atoms with Crippen LogP contribution < -0.4 is 5.32 Å². The fraction of sp³-hybridized carbons (Fsp3) is 0.250. The lowest BCUT2D eigenvalue weighted by Crippen LogP contribution is -2.02. The second kappa shape index (κ2) is 5.86. The molecule has 0 unspecified atom stereocenters. The molecule has 0 atom stereocenters. The maximum absolute atomic E-state index is 11.3. The maximum Gasteiger partial charge on any atom is 0.342 e. The lowest BCUT2D eigenvalue weighted by molar-refractivity contribution is 0.0664. The van der Waals surface area contributed by atoms with E-state index in [1.165, 1.54) is 0 Å². The van der Waals surface area contributed by atoms with Gasteiger partial charge in [-0.25, -0.2) is 4.79 Å². The first kappa shape index (κ1) is 11.3. The van der Waals surface area contributed by atoms with E-state index in [1.54, 1.807) is 12.1 Å². The molecule has 0 heterocycles. The van der Waals surface area contributed by atoms with Crippen LogP contribution in [0.2, 0.25) is 0 Å². The van der Waals surface area contributed by atoms with E-state index in [2.05, 4.69) is 23.6 Å². The fourth-order valence-electron chi connectivity index (χ4n) is 1.14. The number of benzene rings is 1. The Balaban J connectivity index is 2.63. The van der Waals surface area contributed by atoms with E-state index in [1.807, 2.05) is 12.1 Å². The standard InChI is InChI=1S/C12H15NO2/c1-3-9-13-11-7-5-10(6-8-11)12(14)15-4-2/h4-8,13H,2-3,9H2,1H3. The van der Waals surface area contributed by atoms with Crippen molar-refractivity contribution in [1.82, 2.24) is 0 Å². The third kappa shape index (κ3) is 3.46. The highest BCUT2D eigenvalue weighted by Gasteiger charge is 2.04. The zero-order valence-corrected chi connectivity index (χ0v) is 8.82. The number of anilines is 1. The number of rotatable bonds is 5. The van der Waals surface area contributed by atoms with E-state index in [4.69, 9.17) is 0 Å². The van der Waals surface area contributed by atoms with Gasteiger partial charge in [0.05, 0.1) is 11.8 Å². The molecule has 3 heteroatoms. The van der Waals surface area contributed by atoms with Gasteiger partial charge in [0, 0.05) is 12.2 Å². The van der Waals surface area contributed by atoms with Crippen LogP contribution in [0.5, 0.6) is 0 Å². The van der Waals surface area contributed by atoms with Crippen molar-refractivity contribution in [2.24, 2.45) is 0 Å². The van der Waals surface area contributed by atoms with Crippen molar-refractivity contribution in [3.63, 3.8) is 0 Å². The molecule has 0 radical (unpaired) electrons. The smallest absolute Gasteiger partial charge is 0.342 e. The zero-order valence-electron chi connectivity index (χ0n) is 8.82. The molecule has 15 heavy (non-hydrogen) atoms. The number of carbonyl (C=O) groups is 1. The molecule has 0 saturated heterocycles. The lowest BCUT2D eigenvalue weighted by atomic mass is 10.2. The number of ether oxygens (including phenoxy) is 1. The third-order valence-corrected chi connectivity index (χ3v) is 1.89. The highest BCUT2D eigenvalue weighted by molar-refractivity contribution is 5.90. The van der Waals surface area contributed by atoms with Crippen LogP contribution in [0.25, 0.3) is 0 Å². The number of nitrogens with one attached hydrogen (secondary N) is 1. The average molecular weight is 205 g/mol. The first-order chi connectivity index (χ1) is 7.27. The molecular formula is C12H15NO2. The normalized spacial score (nSPS) is 9.40. The van der Waals surface area contributed by atoms with E-state index in [-0.39, 0.29) is 5.97 Å². The molecule has 0 bridgehead atoms. The van der Waals surface area contributed by atoms with Gasteiger partial charge in [-0.15, -0.1) is 0 Å². The molecule has 0 fully saturated rings. The predicted octanol–water partition coefficient (Wildman–Crippen LogP) is 2.81. The minimum atomic E-state index is -0.382. The van der Waals surface area contributed by atoms with Crippen LogP contribution >= 0.6 is 0 Å². The summed E-state index contributed by atoms with van der Waals surface area (Å²) >= 11 is 0. The number of carbonyl (C=O) groups excluding carboxylic acids is 1. The highest BCUT2D eigenvalue weighted by atomic mass is 16.5. The van der Waals surface area contributed by atoms with Crippen molar-refractivity contribution < 1.29 is 9.53 Å². The predicted molar refractivity (Wildman–Crippen MR) is 60.8 cm³/mol. The number of esters is 1. The van der Waals surface area contributed by atoms with Gasteiger partial charge >= 0.3 is 5.97 Å². The van der Waals surface area contributed by atoms with Gasteiger partial charge in [-0.2, -0.15) is 0 Å². The van der Waals surface area contributed by atoms with E-state index in [0.29, 0.717) is 5.56 Å². The summed E-state index contributed by atoms with van der Waals surface area (Å²) in [7, 11) is 0. The molecule has 3 nitrogen and oxygen atoms in total. The highest BCUT2D eigenvalue weighted by Crippen LogP contribution is 2.10. The van der Waals surface area contributed by atoms with Gasteiger partial charge in [-0.05, 0) is 30.7 Å². The molecule has 1 aromatic carbocycles. The van der Waals surface area contributed by atoms with Crippen molar-refractivity contribution in [2.45, 2.75) is 13.3 Å². The molecular weight excluding hydrogens is 190 g/mol. The van der Waals surface area contributed by atoms with Crippen LogP contribution in [0.15, 0.2) is 37.1 Å². The number of hydrogen-bond donors (Lipinski definition) is 1. The molecule has 1 N–H and O–H groups in total. The molecule has 0 saturated carbocycles. The molecule has 0 spiro atoms. The van der Waals surface area contributed by atoms with Gasteiger partial charge in [0.25, 0.3) is 0 Å². The topological polar surface area (TPSA) is 38.3 Å². The summed E-state index contributed by atoms with van der Waals surface area (Å²) in [5.74, 6) is -0.382. The summed E-state index contributed by atoms with van der Waals surface area (Å²) < 4.78 is 4.65. The molecule has 1 rings (SSSR count). The summed E-state index contributed by atoms with van der Waals surface area (Å²) in [4.78, 5) is 11.3. The average Bonchev–Trinajstić information content (AvgIpc) is 2.27. The second-order valence-electron chi connectivity index (χ2n) is 3.08. The Labute approximate surface area is 89.8 Å². The Kier molecular flexibility index (Phi) is 4.41. The number of hydrogen-bond acceptors (Lipinski definition) is 3. The van der Waals surface area contributed by atoms with Crippen molar-refractivity contribution >= 4 is 11.7 Å². The van der Waals surface area contributed by atoms with Gasteiger partial charge < -0.3 is 10.1 Å². The zero-order chi connectivity index (χ0) is 11.1. The molecule has 0 aromatic heterocycles. The van der Waals surface area contributed by atoms with Crippen molar-refractivity contribution in [2.75, 3.05) is 11.9 Å². The van der Waals surface area contributed by atoms with Gasteiger partial charge in [-0.3, -0.25) is 0 Å². The molecule has 80 valence electrons. The summed E-state index contributed by atoms with van der Waals surface area (Å²) in [6, 6.07) is 7.17. The second-order valence-corrected chi connectivity index (χ2v) is 3.08. The Morgan fingerprint density at radius 2 is 2.13 bits per heavy atom. The Morgan fingerprint density at radius 3 is 2.67 bits per heavy atom. The first-order valence-electron chi connectivity index (χ1n) is 4.93. The van der Waals surface area contributed by atoms with Gasteiger partial charge in [0.2, 0.25) is 0 Å². The Morgan fingerprint density at radius 1 is 1.47 bits per heavy atom. The summed E-state index contributed by atoms with van der Waals surface area (Å²) in [5.41, 5.74) is 1.53. The molecule has 0 aliphatic heterocycles. The third-order valence-electron chi connectivity index (χ3n) is 1.89. The van der Waals surface area contributed by atoms with Crippen molar-refractivity contribution in [3.05, 3.63) is 42.7 Å². The van der Waals surface area contributed by atoms with Crippen LogP contribution in [0.3, 0.4) is 0 Å². The van der Waals surface area contributed by atoms with Gasteiger partial charge in [-0.1, -0.05) is 13.5 Å². The van der Waals surface area contributed by atoms with Crippen LogP contribution in [0.4, 0.5) is 5.69 Å². The fourth-order valence-corrected chi connectivity index (χ4v) is 1.14. The van der Waals surface area contributed by atoms with E-state index >= 15 is 0 Å². The van der Waals surface area contributed by atoms with Gasteiger partial charge in [0.1, 0.15) is 0 Å². The summed E-state index contributed by atoms with van der Waals surface area (Å²) in [5, 5.41) is 3.22. The van der Waals surface area contributed by atoms with Crippen molar-refractivity contribution in [3.8, 4) is 0 Å². The van der Waals surface area contributed by atoms with Crippen LogP contribution in [0, 0.1) is 0 Å². The molecule has 1 aromatic rings.